The number of rotatable bonds is 4. The number of nitrogens with zero attached hydrogens (tertiary/aromatic N) is 1. The zero-order valence-corrected chi connectivity index (χ0v) is 13.1. The third-order valence-corrected chi connectivity index (χ3v) is 6.04. The van der Waals surface area contributed by atoms with E-state index in [1.54, 1.807) is 0 Å². The van der Waals surface area contributed by atoms with Gasteiger partial charge in [0.15, 0.2) is 0 Å². The van der Waals surface area contributed by atoms with E-state index in [4.69, 9.17) is 0 Å². The predicted molar refractivity (Wildman–Crippen MR) is 81.3 cm³/mol. The molecule has 3 fully saturated rings. The van der Waals surface area contributed by atoms with Crippen molar-refractivity contribution in [2.75, 3.05) is 19.6 Å². The van der Waals surface area contributed by atoms with Gasteiger partial charge >= 0.3 is 0 Å². The van der Waals surface area contributed by atoms with Gasteiger partial charge in [-0.25, -0.2) is 0 Å². The molecule has 4 unspecified atom stereocenters. The molecule has 1 aliphatic heterocycles. The van der Waals surface area contributed by atoms with Crippen LogP contribution in [0.5, 0.6) is 0 Å². The number of hydrogen-bond donors (Lipinski definition) is 1. The maximum atomic E-state index is 3.88. The predicted octanol–water partition coefficient (Wildman–Crippen LogP) is 3.28. The van der Waals surface area contributed by atoms with Crippen molar-refractivity contribution in [3.05, 3.63) is 0 Å². The highest BCUT2D eigenvalue weighted by Gasteiger charge is 2.46. The normalized spacial score (nSPS) is 44.7. The summed E-state index contributed by atoms with van der Waals surface area (Å²) in [6.45, 7) is 11.1. The molecule has 19 heavy (non-hydrogen) atoms. The molecule has 1 saturated heterocycles. The Kier molecular flexibility index (Phi) is 3.92. The molecule has 3 aliphatic rings. The van der Waals surface area contributed by atoms with Crippen LogP contribution in [0.15, 0.2) is 0 Å². The highest BCUT2D eigenvalue weighted by Crippen LogP contribution is 2.42. The Labute approximate surface area is 119 Å². The molecule has 0 aromatic carbocycles. The van der Waals surface area contributed by atoms with E-state index >= 15 is 0 Å². The van der Waals surface area contributed by atoms with E-state index in [1.807, 2.05) is 0 Å². The van der Waals surface area contributed by atoms with Gasteiger partial charge in [0.05, 0.1) is 0 Å². The molecule has 3 rings (SSSR count). The average Bonchev–Trinajstić information content (AvgIpc) is 3.16. The molecule has 110 valence electrons. The van der Waals surface area contributed by atoms with E-state index in [1.165, 1.54) is 58.2 Å². The van der Waals surface area contributed by atoms with Gasteiger partial charge in [0.2, 0.25) is 0 Å². The van der Waals surface area contributed by atoms with Crippen LogP contribution in [0.3, 0.4) is 0 Å². The topological polar surface area (TPSA) is 15.3 Å². The largest absolute Gasteiger partial charge is 0.308 e. The fourth-order valence-electron chi connectivity index (χ4n) is 4.52. The molecule has 2 nitrogen and oxygen atoms in total. The van der Waals surface area contributed by atoms with Gasteiger partial charge < -0.3 is 5.32 Å². The van der Waals surface area contributed by atoms with Gasteiger partial charge in [0, 0.05) is 31.2 Å². The van der Waals surface area contributed by atoms with E-state index < -0.39 is 0 Å². The first kappa shape index (κ1) is 13.9. The molecular formula is C17H32N2. The molecule has 0 spiro atoms. The summed E-state index contributed by atoms with van der Waals surface area (Å²) < 4.78 is 0. The molecule has 0 amide bonds. The van der Waals surface area contributed by atoms with Crippen molar-refractivity contribution in [3.63, 3.8) is 0 Å². The van der Waals surface area contributed by atoms with Crippen LogP contribution in [0.1, 0.15) is 59.3 Å². The molecule has 1 heterocycles. The standard InChI is InChI=1S/C17H32N2/c1-4-16-10-18-17(3,15-7-8-15)12-19(16)11-14-6-5-13(2)9-14/h13-16,18H,4-12H2,1-3H3. The molecule has 4 atom stereocenters. The van der Waals surface area contributed by atoms with Crippen LogP contribution in [0.25, 0.3) is 0 Å². The molecule has 2 saturated carbocycles. The Balaban J connectivity index is 1.62. The van der Waals surface area contributed by atoms with Crippen molar-refractivity contribution < 1.29 is 0 Å². The van der Waals surface area contributed by atoms with Crippen LogP contribution in [0.4, 0.5) is 0 Å². The first-order chi connectivity index (χ1) is 9.10. The Morgan fingerprint density at radius 1 is 1.21 bits per heavy atom. The minimum Gasteiger partial charge on any atom is -0.308 e. The number of nitrogens with one attached hydrogen (secondary N) is 1. The maximum Gasteiger partial charge on any atom is 0.0309 e. The van der Waals surface area contributed by atoms with E-state index in [0.29, 0.717) is 5.54 Å². The SMILES string of the molecule is CCC1CNC(C)(C2CC2)CN1CC1CCC(C)C1. The Morgan fingerprint density at radius 3 is 2.58 bits per heavy atom. The van der Waals surface area contributed by atoms with Crippen LogP contribution >= 0.6 is 0 Å². The fraction of sp³-hybridized carbons (Fsp3) is 1.00. The van der Waals surface area contributed by atoms with Crippen molar-refractivity contribution in [1.82, 2.24) is 10.2 Å². The van der Waals surface area contributed by atoms with Crippen molar-refractivity contribution in [1.29, 1.82) is 0 Å². The second kappa shape index (κ2) is 5.37. The Bertz CT molecular complexity index is 312. The number of hydrogen-bond acceptors (Lipinski definition) is 2. The van der Waals surface area contributed by atoms with Gasteiger partial charge in [0.1, 0.15) is 0 Å². The van der Waals surface area contributed by atoms with Crippen LogP contribution < -0.4 is 5.32 Å². The van der Waals surface area contributed by atoms with Crippen LogP contribution in [-0.2, 0) is 0 Å². The molecule has 2 heteroatoms. The quantitative estimate of drug-likeness (QED) is 0.838. The van der Waals surface area contributed by atoms with Gasteiger partial charge in [-0.3, -0.25) is 4.90 Å². The Morgan fingerprint density at radius 2 is 2.00 bits per heavy atom. The van der Waals surface area contributed by atoms with Crippen molar-refractivity contribution in [2.24, 2.45) is 17.8 Å². The minimum absolute atomic E-state index is 0.413. The van der Waals surface area contributed by atoms with E-state index in [-0.39, 0.29) is 0 Å². The molecule has 0 radical (unpaired) electrons. The monoisotopic (exact) mass is 264 g/mol. The highest BCUT2D eigenvalue weighted by atomic mass is 15.3. The summed E-state index contributed by atoms with van der Waals surface area (Å²) in [5.41, 5.74) is 0.413. The van der Waals surface area contributed by atoms with E-state index in [9.17, 15) is 0 Å². The molecule has 2 aliphatic carbocycles. The summed E-state index contributed by atoms with van der Waals surface area (Å²) in [4.78, 5) is 2.84. The van der Waals surface area contributed by atoms with Crippen LogP contribution in [0, 0.1) is 17.8 Å². The van der Waals surface area contributed by atoms with E-state index in [0.717, 1.165) is 23.8 Å². The third kappa shape index (κ3) is 3.00. The lowest BCUT2D eigenvalue weighted by molar-refractivity contribution is 0.0595. The van der Waals surface area contributed by atoms with Crippen molar-refractivity contribution in [2.45, 2.75) is 70.9 Å². The molecule has 0 aromatic heterocycles. The molecule has 0 aromatic rings. The van der Waals surface area contributed by atoms with Crippen molar-refractivity contribution >= 4 is 0 Å². The lowest BCUT2D eigenvalue weighted by atomic mass is 9.89. The fourth-order valence-corrected chi connectivity index (χ4v) is 4.52. The zero-order chi connectivity index (χ0) is 13.5. The smallest absolute Gasteiger partial charge is 0.0309 e. The van der Waals surface area contributed by atoms with Gasteiger partial charge in [-0.2, -0.15) is 0 Å². The third-order valence-electron chi connectivity index (χ3n) is 6.04. The zero-order valence-electron chi connectivity index (χ0n) is 13.1. The van der Waals surface area contributed by atoms with Crippen LogP contribution in [-0.4, -0.2) is 36.1 Å². The van der Waals surface area contributed by atoms with Gasteiger partial charge in [-0.1, -0.05) is 20.3 Å². The average molecular weight is 264 g/mol. The van der Waals surface area contributed by atoms with E-state index in [2.05, 4.69) is 31.0 Å². The summed E-state index contributed by atoms with van der Waals surface area (Å²) in [6.07, 6.45) is 8.62. The Hall–Kier alpha value is -0.0800. The van der Waals surface area contributed by atoms with Crippen LogP contribution in [0.2, 0.25) is 0 Å². The molecular weight excluding hydrogens is 232 g/mol. The first-order valence-electron chi connectivity index (χ1n) is 8.60. The first-order valence-corrected chi connectivity index (χ1v) is 8.60. The summed E-state index contributed by atoms with van der Waals surface area (Å²) in [5.74, 6) is 2.91. The lowest BCUT2D eigenvalue weighted by Crippen LogP contribution is -2.64. The summed E-state index contributed by atoms with van der Waals surface area (Å²) in [7, 11) is 0. The lowest BCUT2D eigenvalue weighted by Gasteiger charge is -2.47. The molecule has 1 N–H and O–H groups in total. The van der Waals surface area contributed by atoms with Gasteiger partial charge in [-0.05, 0) is 56.8 Å². The van der Waals surface area contributed by atoms with Crippen molar-refractivity contribution in [3.8, 4) is 0 Å². The second-order valence-electron chi connectivity index (χ2n) is 7.85. The second-order valence-corrected chi connectivity index (χ2v) is 7.85. The molecule has 0 bridgehead atoms. The van der Waals surface area contributed by atoms with Gasteiger partial charge in [-0.15, -0.1) is 0 Å². The number of piperazine rings is 1. The van der Waals surface area contributed by atoms with Gasteiger partial charge in [0.25, 0.3) is 0 Å². The highest BCUT2D eigenvalue weighted by molar-refractivity contribution is 5.04. The summed E-state index contributed by atoms with van der Waals surface area (Å²) in [5, 5.41) is 3.88. The minimum atomic E-state index is 0.413. The summed E-state index contributed by atoms with van der Waals surface area (Å²) in [6, 6.07) is 0.780. The summed E-state index contributed by atoms with van der Waals surface area (Å²) >= 11 is 0. The maximum absolute atomic E-state index is 3.88.